The maximum atomic E-state index is 13.3. The summed E-state index contributed by atoms with van der Waals surface area (Å²) < 4.78 is 23.1. The number of fused-ring (bicyclic) bond motifs is 1. The highest BCUT2D eigenvalue weighted by Crippen LogP contribution is 2.47. The van der Waals surface area contributed by atoms with Crippen LogP contribution in [0.4, 0.5) is 0 Å². The number of unbranched alkanes of at least 4 members (excludes halogenated alkanes) is 13. The number of ether oxygens (including phenoxy) is 4. The van der Waals surface area contributed by atoms with Crippen LogP contribution in [0.1, 0.15) is 160 Å². The molecular formula is C39H61NO8. The Labute approximate surface area is 288 Å². The van der Waals surface area contributed by atoms with Crippen molar-refractivity contribution < 1.29 is 38.2 Å². The minimum absolute atomic E-state index is 0.112. The number of carbonyl (C=O) groups excluding carboxylic acids is 3. The summed E-state index contributed by atoms with van der Waals surface area (Å²) in [6, 6.07) is 0. The van der Waals surface area contributed by atoms with Crippen LogP contribution in [-0.2, 0) is 35.1 Å². The van der Waals surface area contributed by atoms with E-state index in [1.165, 1.54) is 90.4 Å². The van der Waals surface area contributed by atoms with Gasteiger partial charge in [-0.2, -0.15) is 0 Å². The van der Waals surface area contributed by atoms with Gasteiger partial charge in [0.05, 0.1) is 18.8 Å². The van der Waals surface area contributed by atoms with Crippen LogP contribution >= 0.6 is 0 Å². The van der Waals surface area contributed by atoms with Crippen molar-refractivity contribution in [3.8, 4) is 11.5 Å². The number of esters is 3. The molecule has 9 heteroatoms. The molecule has 0 aliphatic carbocycles. The SMILES string of the molecule is CCCCCCCCCCCCCCCCC1(C)CCc2c(c(C)c(C)c(OC(C)=O)c2C2=NO[C@H](C(=O)OCC)[C@H]2C(=O)OCC)O1. The predicted molar refractivity (Wildman–Crippen MR) is 188 cm³/mol. The van der Waals surface area contributed by atoms with Crippen LogP contribution in [0, 0.1) is 19.8 Å². The maximum Gasteiger partial charge on any atom is 0.351 e. The number of benzene rings is 1. The van der Waals surface area contributed by atoms with E-state index in [-0.39, 0.29) is 24.5 Å². The van der Waals surface area contributed by atoms with E-state index in [2.05, 4.69) is 19.0 Å². The van der Waals surface area contributed by atoms with Gasteiger partial charge in [0, 0.05) is 12.5 Å². The van der Waals surface area contributed by atoms with Gasteiger partial charge in [0.15, 0.2) is 5.92 Å². The normalized spacial score (nSPS) is 19.9. The van der Waals surface area contributed by atoms with Crippen LogP contribution in [-0.4, -0.2) is 48.5 Å². The first-order valence-electron chi connectivity index (χ1n) is 18.7. The summed E-state index contributed by atoms with van der Waals surface area (Å²) in [5.41, 5.74) is 2.63. The van der Waals surface area contributed by atoms with Gasteiger partial charge in [-0.25, -0.2) is 4.79 Å². The lowest BCUT2D eigenvalue weighted by Gasteiger charge is -2.38. The fraction of sp³-hybridized carbons (Fsp3) is 0.744. The molecule has 0 amide bonds. The van der Waals surface area contributed by atoms with Gasteiger partial charge in [-0.15, -0.1) is 0 Å². The molecule has 2 heterocycles. The van der Waals surface area contributed by atoms with Gasteiger partial charge in [0.25, 0.3) is 0 Å². The van der Waals surface area contributed by atoms with E-state index in [1.54, 1.807) is 13.8 Å². The molecule has 0 fully saturated rings. The standard InChI is InChI=1S/C39H61NO8/c1-8-11-12-13-14-15-16-17-18-19-20-21-22-23-25-39(7)26-24-30-31(35(46-29(6)41)28(5)27(4)34(30)47-39)33-32(37(42)44-9-2)36(48-40-33)38(43)45-10-3/h32,36H,8-26H2,1-7H3/t32-,36-,39?/m0/s1. The fourth-order valence-corrected chi connectivity index (χ4v) is 6.93. The molecule has 1 aromatic rings. The second-order valence-electron chi connectivity index (χ2n) is 13.7. The van der Waals surface area contributed by atoms with Crippen LogP contribution in [0.2, 0.25) is 0 Å². The Hall–Kier alpha value is -3.10. The summed E-state index contributed by atoms with van der Waals surface area (Å²) in [5.74, 6) is -2.06. The molecule has 0 radical (unpaired) electrons. The van der Waals surface area contributed by atoms with Crippen molar-refractivity contribution in [2.24, 2.45) is 11.1 Å². The highest BCUT2D eigenvalue weighted by molar-refractivity contribution is 6.17. The molecular weight excluding hydrogens is 610 g/mol. The van der Waals surface area contributed by atoms with Crippen molar-refractivity contribution in [1.29, 1.82) is 0 Å². The molecule has 9 nitrogen and oxygen atoms in total. The minimum Gasteiger partial charge on any atom is -0.487 e. The van der Waals surface area contributed by atoms with E-state index in [9.17, 15) is 14.4 Å². The number of rotatable bonds is 21. The fourth-order valence-electron chi connectivity index (χ4n) is 6.93. The highest BCUT2D eigenvalue weighted by Gasteiger charge is 2.49. The van der Waals surface area contributed by atoms with Crippen molar-refractivity contribution in [3.63, 3.8) is 0 Å². The van der Waals surface area contributed by atoms with E-state index in [0.29, 0.717) is 29.0 Å². The number of nitrogens with zero attached hydrogens (tertiary/aromatic N) is 1. The van der Waals surface area contributed by atoms with Crippen LogP contribution in [0.15, 0.2) is 5.16 Å². The Balaban J connectivity index is 1.68. The molecule has 0 N–H and O–H groups in total. The molecule has 0 aromatic heterocycles. The molecule has 1 aromatic carbocycles. The van der Waals surface area contributed by atoms with Gasteiger partial charge >= 0.3 is 17.9 Å². The number of carbonyl (C=O) groups is 3. The smallest absolute Gasteiger partial charge is 0.351 e. The Bertz CT molecular complexity index is 1260. The number of hydrogen-bond donors (Lipinski definition) is 0. The first kappa shape index (κ1) is 39.3. The maximum absolute atomic E-state index is 13.3. The Kier molecular flexibility index (Phi) is 16.2. The van der Waals surface area contributed by atoms with Gasteiger partial charge in [0.2, 0.25) is 6.10 Å². The second kappa shape index (κ2) is 19.8. The molecule has 0 saturated heterocycles. The van der Waals surface area contributed by atoms with Crippen LogP contribution in [0.3, 0.4) is 0 Å². The van der Waals surface area contributed by atoms with Gasteiger partial charge < -0.3 is 23.8 Å². The molecule has 2 aliphatic heterocycles. The molecule has 48 heavy (non-hydrogen) atoms. The van der Waals surface area contributed by atoms with Crippen molar-refractivity contribution in [1.82, 2.24) is 0 Å². The van der Waals surface area contributed by atoms with Crippen LogP contribution in [0.25, 0.3) is 0 Å². The number of hydrogen-bond acceptors (Lipinski definition) is 9. The van der Waals surface area contributed by atoms with Crippen molar-refractivity contribution >= 4 is 23.6 Å². The van der Waals surface area contributed by atoms with E-state index < -0.39 is 29.9 Å². The average Bonchev–Trinajstić information content (AvgIpc) is 3.49. The molecule has 3 rings (SSSR count). The van der Waals surface area contributed by atoms with Gasteiger partial charge in [-0.3, -0.25) is 9.59 Å². The predicted octanol–water partition coefficient (Wildman–Crippen LogP) is 9.03. The molecule has 3 atom stereocenters. The van der Waals surface area contributed by atoms with Crippen LogP contribution in [0.5, 0.6) is 11.5 Å². The summed E-state index contributed by atoms with van der Waals surface area (Å²) >= 11 is 0. The molecule has 1 unspecified atom stereocenters. The van der Waals surface area contributed by atoms with E-state index in [1.807, 2.05) is 13.8 Å². The minimum atomic E-state index is -1.31. The Morgan fingerprint density at radius 2 is 1.33 bits per heavy atom. The summed E-state index contributed by atoms with van der Waals surface area (Å²) in [7, 11) is 0. The van der Waals surface area contributed by atoms with E-state index >= 15 is 0 Å². The number of oxime groups is 1. The lowest BCUT2D eigenvalue weighted by Crippen LogP contribution is -2.41. The molecule has 2 aliphatic rings. The third kappa shape index (κ3) is 10.7. The van der Waals surface area contributed by atoms with Gasteiger partial charge in [-0.05, 0) is 71.4 Å². The summed E-state index contributed by atoms with van der Waals surface area (Å²) in [4.78, 5) is 44.0. The lowest BCUT2D eigenvalue weighted by atomic mass is 9.80. The van der Waals surface area contributed by atoms with Gasteiger partial charge in [-0.1, -0.05) is 95.6 Å². The van der Waals surface area contributed by atoms with Crippen LogP contribution < -0.4 is 9.47 Å². The molecule has 0 bridgehead atoms. The monoisotopic (exact) mass is 671 g/mol. The first-order chi connectivity index (χ1) is 23.1. The van der Waals surface area contributed by atoms with E-state index in [4.69, 9.17) is 23.8 Å². The first-order valence-corrected chi connectivity index (χ1v) is 18.7. The lowest BCUT2D eigenvalue weighted by molar-refractivity contribution is -0.164. The Morgan fingerprint density at radius 3 is 1.88 bits per heavy atom. The highest BCUT2D eigenvalue weighted by atomic mass is 16.7. The quantitative estimate of drug-likeness (QED) is 0.0724. The topological polar surface area (TPSA) is 110 Å². The van der Waals surface area contributed by atoms with E-state index in [0.717, 1.165) is 30.4 Å². The third-order valence-electron chi connectivity index (χ3n) is 9.78. The second-order valence-corrected chi connectivity index (χ2v) is 13.7. The average molecular weight is 672 g/mol. The zero-order valence-electron chi connectivity index (χ0n) is 30.8. The summed E-state index contributed by atoms with van der Waals surface area (Å²) in [5, 5.41) is 4.25. The summed E-state index contributed by atoms with van der Waals surface area (Å²) in [6.45, 7) is 13.2. The Morgan fingerprint density at radius 1 is 0.792 bits per heavy atom. The molecule has 0 spiro atoms. The van der Waals surface area contributed by atoms with Crippen molar-refractivity contribution in [2.45, 2.75) is 169 Å². The summed E-state index contributed by atoms with van der Waals surface area (Å²) in [6.07, 6.45) is 19.5. The zero-order chi connectivity index (χ0) is 35.1. The largest absolute Gasteiger partial charge is 0.487 e. The zero-order valence-corrected chi connectivity index (χ0v) is 30.8. The molecule has 270 valence electrons. The third-order valence-corrected chi connectivity index (χ3v) is 9.78. The van der Waals surface area contributed by atoms with Gasteiger partial charge in [0.1, 0.15) is 22.8 Å². The molecule has 0 saturated carbocycles. The van der Waals surface area contributed by atoms with Crippen molar-refractivity contribution in [2.75, 3.05) is 13.2 Å². The van der Waals surface area contributed by atoms with Crippen molar-refractivity contribution in [3.05, 3.63) is 22.3 Å².